The first kappa shape index (κ1) is 21.1. The van der Waals surface area contributed by atoms with Gasteiger partial charge in [0, 0.05) is 37.8 Å². The number of carbonyl (C=O) groups excluding carboxylic acids is 2. The van der Waals surface area contributed by atoms with Gasteiger partial charge in [0.15, 0.2) is 0 Å². The predicted octanol–water partition coefficient (Wildman–Crippen LogP) is 4.15. The molecule has 31 heavy (non-hydrogen) atoms. The summed E-state index contributed by atoms with van der Waals surface area (Å²) in [5.74, 6) is 0.156. The van der Waals surface area contributed by atoms with Gasteiger partial charge in [0.2, 0.25) is 0 Å². The molecule has 1 heterocycles. The maximum absolute atomic E-state index is 12.8. The zero-order valence-electron chi connectivity index (χ0n) is 18.1. The van der Waals surface area contributed by atoms with E-state index in [1.807, 2.05) is 47.4 Å². The summed E-state index contributed by atoms with van der Waals surface area (Å²) in [5, 5.41) is 2.16. The highest BCUT2D eigenvalue weighted by Gasteiger charge is 2.23. The number of esters is 1. The van der Waals surface area contributed by atoms with E-state index in [4.69, 9.17) is 4.74 Å². The normalized spacial score (nSPS) is 14.7. The van der Waals surface area contributed by atoms with Gasteiger partial charge in [-0.05, 0) is 54.4 Å². The molecule has 5 heteroatoms. The van der Waals surface area contributed by atoms with Crippen LogP contribution >= 0.6 is 0 Å². The van der Waals surface area contributed by atoms with Crippen molar-refractivity contribution in [1.82, 2.24) is 9.80 Å². The number of rotatable bonds is 5. The number of nitrogens with zero attached hydrogens (tertiary/aromatic N) is 2. The lowest BCUT2D eigenvalue weighted by Crippen LogP contribution is -2.50. The monoisotopic (exact) mass is 416 g/mol. The molecule has 1 amide bonds. The minimum Gasteiger partial charge on any atom is -0.426 e. The highest BCUT2D eigenvalue weighted by molar-refractivity contribution is 5.94. The number of hydrogen-bond acceptors (Lipinski definition) is 4. The molecular weight excluding hydrogens is 388 g/mol. The number of piperazine rings is 1. The summed E-state index contributed by atoms with van der Waals surface area (Å²) >= 11 is 0. The molecular formula is C26H28N2O3. The van der Waals surface area contributed by atoms with E-state index in [1.54, 1.807) is 24.3 Å². The number of hydrogen-bond donors (Lipinski definition) is 0. The average Bonchev–Trinajstić information content (AvgIpc) is 2.79. The molecule has 0 saturated carbocycles. The van der Waals surface area contributed by atoms with Crippen LogP contribution in [0.1, 0.15) is 29.8 Å². The van der Waals surface area contributed by atoms with Crippen LogP contribution in [0.2, 0.25) is 0 Å². The van der Waals surface area contributed by atoms with Crippen LogP contribution in [-0.2, 0) is 11.2 Å². The zero-order chi connectivity index (χ0) is 21.8. The van der Waals surface area contributed by atoms with E-state index >= 15 is 0 Å². The van der Waals surface area contributed by atoms with Gasteiger partial charge in [0.25, 0.3) is 5.91 Å². The topological polar surface area (TPSA) is 49.9 Å². The fraction of sp³-hybridized carbons (Fsp3) is 0.308. The van der Waals surface area contributed by atoms with Gasteiger partial charge in [0.05, 0.1) is 6.42 Å². The lowest BCUT2D eigenvalue weighted by Gasteiger charge is -2.37. The Hall–Kier alpha value is -3.18. The molecule has 3 aromatic carbocycles. The van der Waals surface area contributed by atoms with Gasteiger partial charge in [-0.2, -0.15) is 0 Å². The summed E-state index contributed by atoms with van der Waals surface area (Å²) in [6.07, 6.45) is 0.197. The van der Waals surface area contributed by atoms with E-state index in [0.29, 0.717) is 17.4 Å². The van der Waals surface area contributed by atoms with E-state index in [0.717, 1.165) is 42.5 Å². The SMILES string of the molecule is CC(C)N1CCN(C(=O)c2ccc(OC(=O)Cc3cccc4ccccc34)cc2)CC1. The molecule has 0 aromatic heterocycles. The molecule has 0 atom stereocenters. The van der Waals surface area contributed by atoms with Crippen molar-refractivity contribution in [3.8, 4) is 5.75 Å². The second-order valence-corrected chi connectivity index (χ2v) is 8.24. The molecule has 1 aliphatic heterocycles. The van der Waals surface area contributed by atoms with E-state index in [2.05, 4.69) is 18.7 Å². The maximum atomic E-state index is 12.8. The first-order chi connectivity index (χ1) is 15.0. The van der Waals surface area contributed by atoms with Crippen molar-refractivity contribution >= 4 is 22.6 Å². The predicted molar refractivity (Wildman–Crippen MR) is 122 cm³/mol. The molecule has 160 valence electrons. The Morgan fingerprint density at radius 3 is 2.26 bits per heavy atom. The van der Waals surface area contributed by atoms with Crippen molar-refractivity contribution < 1.29 is 14.3 Å². The van der Waals surface area contributed by atoms with Crippen molar-refractivity contribution in [2.24, 2.45) is 0 Å². The maximum Gasteiger partial charge on any atom is 0.315 e. The summed E-state index contributed by atoms with van der Waals surface area (Å²) in [7, 11) is 0. The van der Waals surface area contributed by atoms with E-state index in [1.165, 1.54) is 0 Å². The first-order valence-corrected chi connectivity index (χ1v) is 10.8. The van der Waals surface area contributed by atoms with Gasteiger partial charge >= 0.3 is 5.97 Å². The molecule has 4 rings (SSSR count). The minimum absolute atomic E-state index is 0.0250. The molecule has 0 N–H and O–H groups in total. The number of amides is 1. The number of benzene rings is 3. The molecule has 0 aliphatic carbocycles. The van der Waals surface area contributed by atoms with Crippen molar-refractivity contribution in [3.05, 3.63) is 77.9 Å². The Morgan fingerprint density at radius 2 is 1.55 bits per heavy atom. The van der Waals surface area contributed by atoms with Gasteiger partial charge in [-0.1, -0.05) is 42.5 Å². The summed E-state index contributed by atoms with van der Waals surface area (Å²) in [6.45, 7) is 7.62. The Labute approximate surface area is 183 Å². The molecule has 0 unspecified atom stereocenters. The zero-order valence-corrected chi connectivity index (χ0v) is 18.1. The van der Waals surface area contributed by atoms with Gasteiger partial charge < -0.3 is 9.64 Å². The van der Waals surface area contributed by atoms with Crippen LogP contribution in [-0.4, -0.2) is 53.9 Å². The summed E-state index contributed by atoms with van der Waals surface area (Å²) in [4.78, 5) is 29.5. The highest BCUT2D eigenvalue weighted by atomic mass is 16.5. The lowest BCUT2D eigenvalue weighted by molar-refractivity contribution is -0.133. The van der Waals surface area contributed by atoms with E-state index in [-0.39, 0.29) is 18.3 Å². The van der Waals surface area contributed by atoms with E-state index < -0.39 is 0 Å². The molecule has 5 nitrogen and oxygen atoms in total. The van der Waals surface area contributed by atoms with Gasteiger partial charge in [-0.3, -0.25) is 14.5 Å². The summed E-state index contributed by atoms with van der Waals surface area (Å²) in [6, 6.07) is 21.3. The molecule has 0 radical (unpaired) electrons. The van der Waals surface area contributed by atoms with Crippen LogP contribution < -0.4 is 4.74 Å². The third-order valence-electron chi connectivity index (χ3n) is 5.88. The third kappa shape index (κ3) is 4.94. The van der Waals surface area contributed by atoms with Crippen molar-refractivity contribution in [1.29, 1.82) is 0 Å². The van der Waals surface area contributed by atoms with Crippen LogP contribution in [0.25, 0.3) is 10.8 Å². The first-order valence-electron chi connectivity index (χ1n) is 10.8. The van der Waals surface area contributed by atoms with Crippen LogP contribution in [0, 0.1) is 0 Å². The van der Waals surface area contributed by atoms with Crippen LogP contribution in [0.3, 0.4) is 0 Å². The Morgan fingerprint density at radius 1 is 0.871 bits per heavy atom. The molecule has 1 aliphatic rings. The third-order valence-corrected chi connectivity index (χ3v) is 5.88. The van der Waals surface area contributed by atoms with Gasteiger partial charge in [-0.15, -0.1) is 0 Å². The van der Waals surface area contributed by atoms with Crippen molar-refractivity contribution in [2.45, 2.75) is 26.3 Å². The molecule has 3 aromatic rings. The molecule has 1 saturated heterocycles. The van der Waals surface area contributed by atoms with Crippen LogP contribution in [0.4, 0.5) is 0 Å². The summed E-state index contributed by atoms with van der Waals surface area (Å²) < 4.78 is 5.52. The Bertz CT molecular complexity index is 1060. The number of carbonyl (C=O) groups is 2. The number of fused-ring (bicyclic) bond motifs is 1. The quantitative estimate of drug-likeness (QED) is 0.463. The van der Waals surface area contributed by atoms with E-state index in [9.17, 15) is 9.59 Å². The Balaban J connectivity index is 1.36. The van der Waals surface area contributed by atoms with Crippen LogP contribution in [0.15, 0.2) is 66.7 Å². The lowest BCUT2D eigenvalue weighted by atomic mass is 10.0. The number of ether oxygens (including phenoxy) is 1. The smallest absolute Gasteiger partial charge is 0.315 e. The fourth-order valence-electron chi connectivity index (χ4n) is 4.06. The fourth-order valence-corrected chi connectivity index (χ4v) is 4.06. The average molecular weight is 417 g/mol. The molecule has 0 spiro atoms. The van der Waals surface area contributed by atoms with Gasteiger partial charge in [-0.25, -0.2) is 0 Å². The molecule has 0 bridgehead atoms. The largest absolute Gasteiger partial charge is 0.426 e. The van der Waals surface area contributed by atoms with Crippen molar-refractivity contribution in [2.75, 3.05) is 26.2 Å². The molecule has 1 fully saturated rings. The highest BCUT2D eigenvalue weighted by Crippen LogP contribution is 2.20. The standard InChI is InChI=1S/C26H28N2O3/c1-19(2)27-14-16-28(17-15-27)26(30)21-10-12-23(13-11-21)31-25(29)18-22-8-5-7-20-6-3-4-9-24(20)22/h3-13,19H,14-18H2,1-2H3. The summed E-state index contributed by atoms with van der Waals surface area (Å²) in [5.41, 5.74) is 1.56. The van der Waals surface area contributed by atoms with Gasteiger partial charge in [0.1, 0.15) is 5.75 Å². The van der Waals surface area contributed by atoms with Crippen LogP contribution in [0.5, 0.6) is 5.75 Å². The van der Waals surface area contributed by atoms with Crippen molar-refractivity contribution in [3.63, 3.8) is 0 Å². The Kier molecular flexibility index (Phi) is 6.33. The minimum atomic E-state index is -0.319. The second-order valence-electron chi connectivity index (χ2n) is 8.24. The second kappa shape index (κ2) is 9.31.